The van der Waals surface area contributed by atoms with Crippen LogP contribution in [0.25, 0.3) is 0 Å². The van der Waals surface area contributed by atoms with Crippen molar-refractivity contribution in [3.05, 3.63) is 48.0 Å². The van der Waals surface area contributed by atoms with Crippen LogP contribution in [0.3, 0.4) is 0 Å². The zero-order valence-corrected chi connectivity index (χ0v) is 13.0. The van der Waals surface area contributed by atoms with Gasteiger partial charge in [0.15, 0.2) is 0 Å². The third-order valence-electron chi connectivity index (χ3n) is 3.05. The highest BCUT2D eigenvalue weighted by molar-refractivity contribution is 5.67. The van der Waals surface area contributed by atoms with Crippen LogP contribution in [0.2, 0.25) is 0 Å². The molecular weight excluding hydrogens is 296 g/mol. The topological polar surface area (TPSA) is 61.8 Å². The molecule has 0 saturated heterocycles. The minimum atomic E-state index is -0.596. The van der Waals surface area contributed by atoms with Crippen molar-refractivity contribution in [2.75, 3.05) is 6.61 Å². The second-order valence-corrected chi connectivity index (χ2v) is 4.99. The van der Waals surface area contributed by atoms with Gasteiger partial charge in [0.2, 0.25) is 0 Å². The first kappa shape index (κ1) is 16.8. The Labute approximate surface area is 135 Å². The van der Waals surface area contributed by atoms with Gasteiger partial charge in [-0.25, -0.2) is 0 Å². The SMILES string of the molecule is CC(=O)OCC1OC(C#Cc2ccccc2)C=CC1OC(C)=O. The van der Waals surface area contributed by atoms with Crippen molar-refractivity contribution in [1.29, 1.82) is 0 Å². The fraction of sp³-hybridized carbons (Fsp3) is 0.333. The van der Waals surface area contributed by atoms with Crippen LogP contribution in [0, 0.1) is 11.8 Å². The third kappa shape index (κ3) is 5.61. The van der Waals surface area contributed by atoms with Gasteiger partial charge in [-0.1, -0.05) is 30.0 Å². The number of carbonyl (C=O) groups excluding carboxylic acids is 2. The maximum Gasteiger partial charge on any atom is 0.303 e. The second-order valence-electron chi connectivity index (χ2n) is 4.99. The monoisotopic (exact) mass is 314 g/mol. The first-order valence-corrected chi connectivity index (χ1v) is 7.25. The summed E-state index contributed by atoms with van der Waals surface area (Å²) in [6.45, 7) is 2.63. The number of carbonyl (C=O) groups is 2. The van der Waals surface area contributed by atoms with E-state index in [-0.39, 0.29) is 6.61 Å². The van der Waals surface area contributed by atoms with Crippen LogP contribution in [0.15, 0.2) is 42.5 Å². The van der Waals surface area contributed by atoms with E-state index in [9.17, 15) is 9.59 Å². The summed E-state index contributed by atoms with van der Waals surface area (Å²) < 4.78 is 15.9. The molecule has 0 saturated carbocycles. The molecule has 1 aliphatic heterocycles. The summed E-state index contributed by atoms with van der Waals surface area (Å²) in [7, 11) is 0. The van der Waals surface area contributed by atoms with E-state index in [0.717, 1.165) is 5.56 Å². The molecule has 5 heteroatoms. The van der Waals surface area contributed by atoms with Crippen molar-refractivity contribution in [1.82, 2.24) is 0 Å². The quantitative estimate of drug-likeness (QED) is 0.484. The number of hydrogen-bond acceptors (Lipinski definition) is 5. The second kappa shape index (κ2) is 8.16. The molecular formula is C18H18O5. The Bertz CT molecular complexity index is 638. The van der Waals surface area contributed by atoms with Crippen molar-refractivity contribution in [2.45, 2.75) is 32.2 Å². The minimum Gasteiger partial charge on any atom is -0.463 e. The number of esters is 2. The van der Waals surface area contributed by atoms with Gasteiger partial charge in [0.1, 0.15) is 24.9 Å². The van der Waals surface area contributed by atoms with Gasteiger partial charge < -0.3 is 14.2 Å². The van der Waals surface area contributed by atoms with E-state index in [1.54, 1.807) is 12.2 Å². The number of rotatable bonds is 3. The van der Waals surface area contributed by atoms with E-state index in [1.807, 2.05) is 30.3 Å². The summed E-state index contributed by atoms with van der Waals surface area (Å²) in [4.78, 5) is 22.1. The molecule has 3 atom stereocenters. The zero-order chi connectivity index (χ0) is 16.7. The first-order chi connectivity index (χ1) is 11.0. The van der Waals surface area contributed by atoms with E-state index >= 15 is 0 Å². The summed E-state index contributed by atoms with van der Waals surface area (Å²) in [6.07, 6.45) is 1.81. The summed E-state index contributed by atoms with van der Waals surface area (Å²) >= 11 is 0. The molecule has 1 aromatic rings. The molecule has 0 aliphatic carbocycles. The molecule has 1 aromatic carbocycles. The van der Waals surface area contributed by atoms with Crippen molar-refractivity contribution in [2.24, 2.45) is 0 Å². The number of benzene rings is 1. The summed E-state index contributed by atoms with van der Waals surface area (Å²) in [5.41, 5.74) is 0.878. The van der Waals surface area contributed by atoms with Gasteiger partial charge in [0, 0.05) is 19.4 Å². The standard InChI is InChI=1S/C18H18O5/c1-13(19)21-12-18-17(22-14(2)20)11-10-16(23-18)9-8-15-6-4-3-5-7-15/h3-7,10-11,16-18H,12H2,1-2H3. The highest BCUT2D eigenvalue weighted by Crippen LogP contribution is 2.17. The van der Waals surface area contributed by atoms with Crippen LogP contribution in [0.4, 0.5) is 0 Å². The lowest BCUT2D eigenvalue weighted by Gasteiger charge is -2.29. The van der Waals surface area contributed by atoms with Gasteiger partial charge in [-0.3, -0.25) is 9.59 Å². The van der Waals surface area contributed by atoms with Gasteiger partial charge in [0.05, 0.1) is 0 Å². The molecule has 0 bridgehead atoms. The summed E-state index contributed by atoms with van der Waals surface area (Å²) in [5, 5.41) is 0. The third-order valence-corrected chi connectivity index (χ3v) is 3.05. The van der Waals surface area contributed by atoms with Crippen LogP contribution in [0.5, 0.6) is 0 Å². The van der Waals surface area contributed by atoms with E-state index in [4.69, 9.17) is 14.2 Å². The van der Waals surface area contributed by atoms with E-state index in [0.29, 0.717) is 0 Å². The van der Waals surface area contributed by atoms with Gasteiger partial charge in [-0.05, 0) is 24.3 Å². The Kier molecular flexibility index (Phi) is 5.95. The Hall–Kier alpha value is -2.58. The Balaban J connectivity index is 2.07. The van der Waals surface area contributed by atoms with Crippen LogP contribution in [0.1, 0.15) is 19.4 Å². The molecule has 0 fully saturated rings. The number of ether oxygens (including phenoxy) is 3. The smallest absolute Gasteiger partial charge is 0.303 e. The molecule has 0 amide bonds. The molecule has 1 aliphatic rings. The van der Waals surface area contributed by atoms with Crippen molar-refractivity contribution < 1.29 is 23.8 Å². The molecule has 2 rings (SSSR count). The average Bonchev–Trinajstić information content (AvgIpc) is 2.53. The summed E-state index contributed by atoms with van der Waals surface area (Å²) in [6, 6.07) is 9.53. The van der Waals surface area contributed by atoms with Gasteiger partial charge in [-0.15, -0.1) is 0 Å². The fourth-order valence-electron chi connectivity index (χ4n) is 2.04. The predicted octanol–water partition coefficient (Wildman–Crippen LogP) is 1.86. The van der Waals surface area contributed by atoms with Crippen molar-refractivity contribution >= 4 is 11.9 Å². The van der Waals surface area contributed by atoms with E-state index < -0.39 is 30.3 Å². The van der Waals surface area contributed by atoms with E-state index in [2.05, 4.69) is 11.8 Å². The lowest BCUT2D eigenvalue weighted by Crippen LogP contribution is -2.41. The van der Waals surface area contributed by atoms with E-state index in [1.165, 1.54) is 13.8 Å². The largest absolute Gasteiger partial charge is 0.463 e. The first-order valence-electron chi connectivity index (χ1n) is 7.25. The molecule has 23 heavy (non-hydrogen) atoms. The normalized spacial score (nSPS) is 22.6. The van der Waals surface area contributed by atoms with Crippen LogP contribution in [-0.4, -0.2) is 36.9 Å². The van der Waals surface area contributed by atoms with Crippen molar-refractivity contribution in [3.63, 3.8) is 0 Å². The van der Waals surface area contributed by atoms with Crippen LogP contribution >= 0.6 is 0 Å². The maximum absolute atomic E-state index is 11.1. The Morgan fingerprint density at radius 3 is 2.52 bits per heavy atom. The molecule has 0 spiro atoms. The zero-order valence-electron chi connectivity index (χ0n) is 13.0. The Morgan fingerprint density at radius 1 is 1.13 bits per heavy atom. The molecule has 1 heterocycles. The van der Waals surface area contributed by atoms with Crippen molar-refractivity contribution in [3.8, 4) is 11.8 Å². The van der Waals surface area contributed by atoms with Crippen LogP contribution in [-0.2, 0) is 23.8 Å². The highest BCUT2D eigenvalue weighted by Gasteiger charge is 2.29. The fourth-order valence-corrected chi connectivity index (χ4v) is 2.04. The minimum absolute atomic E-state index is 0.00113. The summed E-state index contributed by atoms with van der Waals surface area (Å²) in [5.74, 6) is 5.16. The Morgan fingerprint density at radius 2 is 1.87 bits per heavy atom. The van der Waals surface area contributed by atoms with Gasteiger partial charge in [-0.2, -0.15) is 0 Å². The van der Waals surface area contributed by atoms with Crippen LogP contribution < -0.4 is 0 Å². The molecule has 5 nitrogen and oxygen atoms in total. The molecule has 120 valence electrons. The average molecular weight is 314 g/mol. The molecule has 3 unspecified atom stereocenters. The highest BCUT2D eigenvalue weighted by atomic mass is 16.6. The predicted molar refractivity (Wildman–Crippen MR) is 83.3 cm³/mol. The maximum atomic E-state index is 11.1. The lowest BCUT2D eigenvalue weighted by molar-refractivity contribution is -0.161. The molecule has 0 aromatic heterocycles. The molecule has 0 radical (unpaired) electrons. The lowest BCUT2D eigenvalue weighted by atomic mass is 10.1. The van der Waals surface area contributed by atoms with Gasteiger partial charge in [0.25, 0.3) is 0 Å². The number of hydrogen-bond donors (Lipinski definition) is 0. The molecule has 0 N–H and O–H groups in total. The van der Waals surface area contributed by atoms with Gasteiger partial charge >= 0.3 is 11.9 Å².